The second kappa shape index (κ2) is 22.1. The van der Waals surface area contributed by atoms with Crippen molar-refractivity contribution < 1.29 is 18.3 Å². The van der Waals surface area contributed by atoms with E-state index in [1.165, 1.54) is 17.3 Å². The average molecular weight is 733 g/mol. The summed E-state index contributed by atoms with van der Waals surface area (Å²) < 4.78 is 33.3. The Hall–Kier alpha value is -5.07. The van der Waals surface area contributed by atoms with Crippen LogP contribution in [0.5, 0.6) is 11.6 Å². The van der Waals surface area contributed by atoms with E-state index >= 15 is 4.39 Å². The highest BCUT2D eigenvalue weighted by atomic mass is 19.1. The number of halogens is 2. The Bertz CT molecular complexity index is 1810. The lowest BCUT2D eigenvalue weighted by atomic mass is 10.2. The van der Waals surface area contributed by atoms with E-state index in [4.69, 9.17) is 4.74 Å². The van der Waals surface area contributed by atoms with Crippen LogP contribution in [0, 0.1) is 12.7 Å². The van der Waals surface area contributed by atoms with E-state index in [0.717, 1.165) is 55.4 Å². The average Bonchev–Trinajstić information content (AvgIpc) is 3.55. The van der Waals surface area contributed by atoms with E-state index in [9.17, 15) is 9.18 Å². The number of rotatable bonds is 10. The van der Waals surface area contributed by atoms with E-state index in [2.05, 4.69) is 74.6 Å². The van der Waals surface area contributed by atoms with Gasteiger partial charge in [-0.2, -0.15) is 0 Å². The van der Waals surface area contributed by atoms with Gasteiger partial charge in [-0.25, -0.2) is 18.7 Å². The van der Waals surface area contributed by atoms with Crippen molar-refractivity contribution in [3.05, 3.63) is 102 Å². The summed E-state index contributed by atoms with van der Waals surface area (Å²) in [5, 5.41) is 6.58. The van der Waals surface area contributed by atoms with Gasteiger partial charge in [-0.05, 0) is 90.8 Å². The van der Waals surface area contributed by atoms with Gasteiger partial charge in [-0.15, -0.1) is 0 Å². The summed E-state index contributed by atoms with van der Waals surface area (Å²) in [4.78, 5) is 31.3. The van der Waals surface area contributed by atoms with E-state index in [0.29, 0.717) is 23.0 Å². The second-order valence-electron chi connectivity index (χ2n) is 12.4. The van der Waals surface area contributed by atoms with Gasteiger partial charge in [-0.3, -0.25) is 4.79 Å². The molecule has 1 aliphatic heterocycles. The van der Waals surface area contributed by atoms with Crippen molar-refractivity contribution in [2.75, 3.05) is 70.6 Å². The summed E-state index contributed by atoms with van der Waals surface area (Å²) in [6.07, 6.45) is 2.96. The fourth-order valence-electron chi connectivity index (χ4n) is 4.92. The minimum absolute atomic E-state index is 0.0210. The van der Waals surface area contributed by atoms with Crippen LogP contribution in [-0.2, 0) is 0 Å². The molecule has 1 aliphatic rings. The molecular weight excluding hydrogens is 675 g/mol. The number of allylic oxidation sites excluding steroid dienone is 4. The third kappa shape index (κ3) is 13.1. The number of aromatic amines is 1. The molecule has 1 saturated heterocycles. The minimum atomic E-state index is -0.526. The summed E-state index contributed by atoms with van der Waals surface area (Å²) >= 11 is 0. The Morgan fingerprint density at radius 3 is 2.21 bits per heavy atom. The molecule has 10 nitrogen and oxygen atoms in total. The number of aromatic nitrogens is 3. The lowest BCUT2D eigenvalue weighted by Crippen LogP contribution is -2.44. The van der Waals surface area contributed by atoms with E-state index in [1.807, 2.05) is 60.7 Å². The number of nitrogens with zero attached hydrogens (tertiary/aromatic N) is 5. The molecule has 0 atom stereocenters. The van der Waals surface area contributed by atoms with Crippen LogP contribution in [0.25, 0.3) is 10.9 Å². The lowest BCUT2D eigenvalue weighted by Gasteiger charge is -2.34. The minimum Gasteiger partial charge on any atom is -0.435 e. The fraction of sp³-hybridized carbons (Fsp3) is 0.390. The SMILES string of the molecule is C=C(F)C(=C)C=C(C)C.CC.CCN(C)C(=O)c1c(Nc2ccc(N3CCN(C)CC3)cc2)ncnc1Oc1ccc2[nH]c(C)cc2c1F.CCNC. The number of hydrogen-bond donors (Lipinski definition) is 3. The number of ether oxygens (including phenoxy) is 1. The first kappa shape index (κ1) is 44.1. The van der Waals surface area contributed by atoms with E-state index < -0.39 is 11.6 Å². The van der Waals surface area contributed by atoms with Gasteiger partial charge in [0, 0.05) is 73.3 Å². The van der Waals surface area contributed by atoms with Crippen molar-refractivity contribution in [3.8, 4) is 11.6 Å². The second-order valence-corrected chi connectivity index (χ2v) is 12.4. The van der Waals surface area contributed by atoms with Gasteiger partial charge in [0.1, 0.15) is 17.7 Å². The maximum Gasteiger partial charge on any atom is 0.262 e. The normalized spacial score (nSPS) is 12.2. The van der Waals surface area contributed by atoms with Crippen LogP contribution in [0.4, 0.5) is 26.0 Å². The van der Waals surface area contributed by atoms with Crippen molar-refractivity contribution in [2.45, 2.75) is 48.5 Å². The monoisotopic (exact) mass is 732 g/mol. The number of amides is 1. The number of anilines is 3. The number of piperazine rings is 1. The molecule has 0 aliphatic carbocycles. The maximum absolute atomic E-state index is 15.3. The van der Waals surface area contributed by atoms with E-state index in [1.54, 1.807) is 25.3 Å². The molecule has 288 valence electrons. The first-order valence-electron chi connectivity index (χ1n) is 18.0. The number of carbonyl (C=O) groups excluding carboxylic acids is 1. The molecule has 4 aromatic rings. The highest BCUT2D eigenvalue weighted by Gasteiger charge is 2.25. The van der Waals surface area contributed by atoms with Crippen LogP contribution >= 0.6 is 0 Å². The summed E-state index contributed by atoms with van der Waals surface area (Å²) in [5.41, 5.74) is 4.92. The largest absolute Gasteiger partial charge is 0.435 e. The standard InChI is InChI=1S/C28H32FN7O2.C8H11F.C3H9N.C2H6/c1-5-35(4)28(37)24-26(33-19-6-8-20(9-7-19)36-14-12-34(3)13-15-36)30-17-31-27(24)38-23-11-10-22-21(25(23)29)16-18(2)32-22;1-6(2)5-7(3)8(4)9;1-3-4-2;1-2/h6-11,16-17,32H,5,12-15H2,1-4H3,(H,30,31,33);5H,3-4H2,1-2H3;4H,3H2,1-2H3;1-2H3. The molecule has 3 heterocycles. The molecule has 1 amide bonds. The topological polar surface area (TPSA) is 102 Å². The Labute approximate surface area is 314 Å². The van der Waals surface area contributed by atoms with Crippen LogP contribution in [0.3, 0.4) is 0 Å². The summed E-state index contributed by atoms with van der Waals surface area (Å²) in [6, 6.07) is 13.0. The Morgan fingerprint density at radius 1 is 1.06 bits per heavy atom. The van der Waals surface area contributed by atoms with Crippen molar-refractivity contribution in [1.29, 1.82) is 0 Å². The number of H-pyrrole nitrogens is 1. The summed E-state index contributed by atoms with van der Waals surface area (Å²) in [7, 11) is 5.75. The fourth-order valence-corrected chi connectivity index (χ4v) is 4.92. The maximum atomic E-state index is 15.3. The predicted octanol–water partition coefficient (Wildman–Crippen LogP) is 9.03. The molecule has 5 rings (SSSR count). The smallest absolute Gasteiger partial charge is 0.262 e. The molecule has 0 unspecified atom stereocenters. The first-order valence-corrected chi connectivity index (χ1v) is 18.0. The molecule has 2 aromatic carbocycles. The van der Waals surface area contributed by atoms with Crippen LogP contribution in [0.15, 0.2) is 85.0 Å². The first-order chi connectivity index (χ1) is 25.3. The summed E-state index contributed by atoms with van der Waals surface area (Å²) in [5.74, 6) is -1.08. The lowest BCUT2D eigenvalue weighted by molar-refractivity contribution is 0.0799. The third-order valence-electron chi connectivity index (χ3n) is 8.05. The third-order valence-corrected chi connectivity index (χ3v) is 8.05. The zero-order valence-corrected chi connectivity index (χ0v) is 33.2. The Kier molecular flexibility index (Phi) is 18.4. The molecule has 2 aromatic heterocycles. The molecule has 0 bridgehead atoms. The Morgan fingerprint density at radius 2 is 1.68 bits per heavy atom. The number of likely N-dealkylation sites (N-methyl/N-ethyl adjacent to an activating group) is 1. The van der Waals surface area contributed by atoms with Crippen molar-refractivity contribution in [2.24, 2.45) is 0 Å². The molecule has 53 heavy (non-hydrogen) atoms. The van der Waals surface area contributed by atoms with Crippen molar-refractivity contribution >= 4 is 34.0 Å². The molecule has 0 spiro atoms. The van der Waals surface area contributed by atoms with Crippen LogP contribution in [0.2, 0.25) is 0 Å². The zero-order chi connectivity index (χ0) is 39.7. The number of aryl methyl sites for hydroxylation is 1. The van der Waals surface area contributed by atoms with Gasteiger partial charge in [0.05, 0.1) is 0 Å². The molecule has 1 fully saturated rings. The number of nitrogens with one attached hydrogen (secondary N) is 3. The zero-order valence-electron chi connectivity index (χ0n) is 33.2. The van der Waals surface area contributed by atoms with Crippen LogP contribution in [-0.4, -0.2) is 91.1 Å². The van der Waals surface area contributed by atoms with Gasteiger partial charge < -0.3 is 35.1 Å². The Balaban J connectivity index is 0.000000551. The number of benzene rings is 2. The number of fused-ring (bicyclic) bond motifs is 1. The molecule has 12 heteroatoms. The van der Waals surface area contributed by atoms with Gasteiger partial charge in [0.2, 0.25) is 5.88 Å². The van der Waals surface area contributed by atoms with Crippen LogP contribution in [0.1, 0.15) is 57.6 Å². The quantitative estimate of drug-likeness (QED) is 0.139. The van der Waals surface area contributed by atoms with E-state index in [-0.39, 0.29) is 28.9 Å². The molecular formula is C41H58F2N8O2. The molecule has 0 saturated carbocycles. The highest BCUT2D eigenvalue weighted by molar-refractivity contribution is 6.01. The number of hydrogen-bond acceptors (Lipinski definition) is 8. The highest BCUT2D eigenvalue weighted by Crippen LogP contribution is 2.34. The van der Waals surface area contributed by atoms with Gasteiger partial charge >= 0.3 is 0 Å². The predicted molar refractivity (Wildman–Crippen MR) is 217 cm³/mol. The molecule has 3 N–H and O–H groups in total. The van der Waals surface area contributed by atoms with Crippen molar-refractivity contribution in [1.82, 2.24) is 30.1 Å². The number of carbonyl (C=O) groups is 1. The van der Waals surface area contributed by atoms with Gasteiger partial charge in [-0.1, -0.05) is 45.6 Å². The van der Waals surface area contributed by atoms with Crippen molar-refractivity contribution in [3.63, 3.8) is 0 Å². The van der Waals surface area contributed by atoms with Gasteiger partial charge in [0.15, 0.2) is 17.4 Å². The van der Waals surface area contributed by atoms with Crippen LogP contribution < -0.4 is 20.3 Å². The summed E-state index contributed by atoms with van der Waals surface area (Å²) in [6.45, 7) is 25.6. The van der Waals surface area contributed by atoms with Gasteiger partial charge in [0.25, 0.3) is 5.91 Å². The molecule has 0 radical (unpaired) electrons.